The third-order valence-corrected chi connectivity index (χ3v) is 3.62. The van der Waals surface area contributed by atoms with Crippen molar-refractivity contribution in [2.45, 2.75) is 6.92 Å². The number of nitrogens with one attached hydrogen (secondary N) is 1. The number of ether oxygens (including phenoxy) is 2. The highest BCUT2D eigenvalue weighted by Gasteiger charge is 2.12. The van der Waals surface area contributed by atoms with E-state index in [1.54, 1.807) is 24.3 Å². The standard InChI is InChI=1S/C17H14ClNO3/c1-10-16(14-9-12(18)5-8-15(14)19-10)22-13-6-3-11(4-7-13)17(20)21-2/h3-9,19H,1-2H3. The Morgan fingerprint density at radius 2 is 1.86 bits per heavy atom. The van der Waals surface area contributed by atoms with Crippen LogP contribution in [0.2, 0.25) is 5.02 Å². The van der Waals surface area contributed by atoms with Crippen LogP contribution < -0.4 is 4.74 Å². The largest absolute Gasteiger partial charge is 0.465 e. The van der Waals surface area contributed by atoms with Gasteiger partial charge in [-0.25, -0.2) is 4.79 Å². The highest BCUT2D eigenvalue weighted by Crippen LogP contribution is 2.35. The number of carbonyl (C=O) groups is 1. The quantitative estimate of drug-likeness (QED) is 0.712. The molecule has 0 aliphatic carbocycles. The van der Waals surface area contributed by atoms with Gasteiger partial charge in [-0.2, -0.15) is 0 Å². The molecule has 0 unspecified atom stereocenters. The number of fused-ring (bicyclic) bond motifs is 1. The van der Waals surface area contributed by atoms with Crippen LogP contribution in [0.25, 0.3) is 10.9 Å². The van der Waals surface area contributed by atoms with Crippen LogP contribution in [0, 0.1) is 6.92 Å². The second-order valence-corrected chi connectivity index (χ2v) is 5.32. The number of aryl methyl sites for hydroxylation is 1. The van der Waals surface area contributed by atoms with Gasteiger partial charge < -0.3 is 14.5 Å². The highest BCUT2D eigenvalue weighted by molar-refractivity contribution is 6.31. The summed E-state index contributed by atoms with van der Waals surface area (Å²) in [7, 11) is 1.35. The summed E-state index contributed by atoms with van der Waals surface area (Å²) in [6.07, 6.45) is 0. The smallest absolute Gasteiger partial charge is 0.337 e. The van der Waals surface area contributed by atoms with Crippen molar-refractivity contribution < 1.29 is 14.3 Å². The van der Waals surface area contributed by atoms with Gasteiger partial charge in [0, 0.05) is 15.9 Å². The molecule has 0 amide bonds. The number of H-pyrrole nitrogens is 1. The van der Waals surface area contributed by atoms with Crippen LogP contribution in [0.4, 0.5) is 0 Å². The minimum Gasteiger partial charge on any atom is -0.465 e. The molecule has 2 aromatic carbocycles. The van der Waals surface area contributed by atoms with Gasteiger partial charge in [-0.15, -0.1) is 0 Å². The first-order valence-electron chi connectivity index (χ1n) is 6.72. The Hall–Kier alpha value is -2.46. The average molecular weight is 316 g/mol. The number of halogens is 1. The number of benzene rings is 2. The van der Waals surface area contributed by atoms with Crippen molar-refractivity contribution in [1.82, 2.24) is 4.98 Å². The van der Waals surface area contributed by atoms with Crippen LogP contribution in [0.3, 0.4) is 0 Å². The minimum absolute atomic E-state index is 0.374. The fourth-order valence-electron chi connectivity index (χ4n) is 2.30. The molecule has 1 N–H and O–H groups in total. The van der Waals surface area contributed by atoms with E-state index in [1.165, 1.54) is 7.11 Å². The van der Waals surface area contributed by atoms with E-state index in [0.717, 1.165) is 22.3 Å². The van der Waals surface area contributed by atoms with Crippen molar-refractivity contribution in [3.05, 3.63) is 58.7 Å². The lowest BCUT2D eigenvalue weighted by Gasteiger charge is -2.07. The number of aromatic amines is 1. The second-order valence-electron chi connectivity index (χ2n) is 4.89. The zero-order chi connectivity index (χ0) is 15.7. The lowest BCUT2D eigenvalue weighted by Crippen LogP contribution is -2.00. The van der Waals surface area contributed by atoms with Crippen molar-refractivity contribution >= 4 is 28.5 Å². The molecule has 22 heavy (non-hydrogen) atoms. The molecule has 0 saturated heterocycles. The molecule has 1 aromatic heterocycles. The number of hydrogen-bond acceptors (Lipinski definition) is 3. The van der Waals surface area contributed by atoms with E-state index >= 15 is 0 Å². The normalized spacial score (nSPS) is 10.7. The van der Waals surface area contributed by atoms with E-state index < -0.39 is 0 Å². The monoisotopic (exact) mass is 315 g/mol. The van der Waals surface area contributed by atoms with Crippen molar-refractivity contribution in [1.29, 1.82) is 0 Å². The van der Waals surface area contributed by atoms with Gasteiger partial charge in [-0.3, -0.25) is 0 Å². The Balaban J connectivity index is 1.94. The summed E-state index contributed by atoms with van der Waals surface area (Å²) in [4.78, 5) is 14.7. The molecule has 112 valence electrons. The van der Waals surface area contributed by atoms with Crippen molar-refractivity contribution in [2.75, 3.05) is 7.11 Å². The molecule has 0 aliphatic rings. The molecule has 3 aromatic rings. The predicted molar refractivity (Wildman–Crippen MR) is 85.9 cm³/mol. The van der Waals surface area contributed by atoms with Gasteiger partial charge in [-0.05, 0) is 49.4 Å². The summed E-state index contributed by atoms with van der Waals surface area (Å²) in [6.45, 7) is 1.94. The first-order valence-corrected chi connectivity index (χ1v) is 7.10. The lowest BCUT2D eigenvalue weighted by atomic mass is 10.2. The fraction of sp³-hybridized carbons (Fsp3) is 0.118. The molecule has 0 bridgehead atoms. The van der Waals surface area contributed by atoms with Crippen LogP contribution >= 0.6 is 11.6 Å². The summed E-state index contributed by atoms with van der Waals surface area (Å²) in [6, 6.07) is 12.4. The first kappa shape index (κ1) is 14.5. The van der Waals surface area contributed by atoms with Crippen LogP contribution in [0.1, 0.15) is 16.1 Å². The number of hydrogen-bond donors (Lipinski definition) is 1. The Bertz CT molecular complexity index is 837. The predicted octanol–water partition coefficient (Wildman–Crippen LogP) is 4.71. The van der Waals surface area contributed by atoms with Crippen molar-refractivity contribution in [3.63, 3.8) is 0 Å². The Morgan fingerprint density at radius 1 is 1.14 bits per heavy atom. The van der Waals surface area contributed by atoms with E-state index in [4.69, 9.17) is 16.3 Å². The summed E-state index contributed by atoms with van der Waals surface area (Å²) < 4.78 is 10.6. The molecule has 4 nitrogen and oxygen atoms in total. The van der Waals surface area contributed by atoms with Gasteiger partial charge in [-0.1, -0.05) is 11.6 Å². The molecular weight excluding hydrogens is 302 g/mol. The maximum absolute atomic E-state index is 11.4. The Morgan fingerprint density at radius 3 is 2.55 bits per heavy atom. The van der Waals surface area contributed by atoms with Gasteiger partial charge in [0.15, 0.2) is 5.75 Å². The van der Waals surface area contributed by atoms with Crippen molar-refractivity contribution in [2.24, 2.45) is 0 Å². The molecule has 0 fully saturated rings. The number of aromatic nitrogens is 1. The van der Waals surface area contributed by atoms with E-state index in [1.807, 2.05) is 25.1 Å². The van der Waals surface area contributed by atoms with Gasteiger partial charge in [0.2, 0.25) is 0 Å². The Labute approximate surface area is 132 Å². The summed E-state index contributed by atoms with van der Waals surface area (Å²) in [5.41, 5.74) is 2.35. The van der Waals surface area contributed by atoms with E-state index in [2.05, 4.69) is 9.72 Å². The molecule has 5 heteroatoms. The van der Waals surface area contributed by atoms with Crippen LogP contribution in [-0.2, 0) is 4.74 Å². The van der Waals surface area contributed by atoms with E-state index in [0.29, 0.717) is 16.3 Å². The van der Waals surface area contributed by atoms with Crippen molar-refractivity contribution in [3.8, 4) is 11.5 Å². The summed E-state index contributed by atoms with van der Waals surface area (Å²) >= 11 is 6.05. The minimum atomic E-state index is -0.374. The zero-order valence-corrected chi connectivity index (χ0v) is 12.9. The molecule has 0 spiro atoms. The van der Waals surface area contributed by atoms with Crippen LogP contribution in [-0.4, -0.2) is 18.1 Å². The number of esters is 1. The van der Waals surface area contributed by atoms with Gasteiger partial charge in [0.25, 0.3) is 0 Å². The molecule has 0 atom stereocenters. The third kappa shape index (κ3) is 2.65. The lowest BCUT2D eigenvalue weighted by molar-refractivity contribution is 0.0600. The number of carbonyl (C=O) groups excluding carboxylic acids is 1. The maximum Gasteiger partial charge on any atom is 0.337 e. The number of rotatable bonds is 3. The number of methoxy groups -OCH3 is 1. The molecule has 3 rings (SSSR count). The SMILES string of the molecule is COC(=O)c1ccc(Oc2c(C)[nH]c3ccc(Cl)cc23)cc1. The van der Waals surface area contributed by atoms with Gasteiger partial charge >= 0.3 is 5.97 Å². The molecular formula is C17H14ClNO3. The van der Waals surface area contributed by atoms with Crippen LogP contribution in [0.15, 0.2) is 42.5 Å². The highest BCUT2D eigenvalue weighted by atomic mass is 35.5. The Kier molecular flexibility index (Phi) is 3.77. The van der Waals surface area contributed by atoms with E-state index in [9.17, 15) is 4.79 Å². The molecule has 0 radical (unpaired) electrons. The molecule has 0 aliphatic heterocycles. The summed E-state index contributed by atoms with van der Waals surface area (Å²) in [5.74, 6) is 0.988. The van der Waals surface area contributed by atoms with Crippen LogP contribution in [0.5, 0.6) is 11.5 Å². The topological polar surface area (TPSA) is 51.3 Å². The summed E-state index contributed by atoms with van der Waals surface area (Å²) in [5, 5.41) is 1.57. The average Bonchev–Trinajstić information content (AvgIpc) is 2.83. The zero-order valence-electron chi connectivity index (χ0n) is 12.1. The molecule has 1 heterocycles. The van der Waals surface area contributed by atoms with Gasteiger partial charge in [0.05, 0.1) is 18.4 Å². The van der Waals surface area contributed by atoms with E-state index in [-0.39, 0.29) is 5.97 Å². The maximum atomic E-state index is 11.4. The first-order chi connectivity index (χ1) is 10.6. The third-order valence-electron chi connectivity index (χ3n) is 3.38. The molecule has 0 saturated carbocycles. The van der Waals surface area contributed by atoms with Gasteiger partial charge in [0.1, 0.15) is 5.75 Å². The fourth-order valence-corrected chi connectivity index (χ4v) is 2.47. The second kappa shape index (κ2) is 5.73.